The summed E-state index contributed by atoms with van der Waals surface area (Å²) < 4.78 is 19.7. The molecule has 0 spiro atoms. The number of hydrogen-bond acceptors (Lipinski definition) is 9. The summed E-state index contributed by atoms with van der Waals surface area (Å²) in [7, 11) is 3.50. The SMILES string of the molecule is COC(=O)c1cc(O)c2c(=O)cc(-c3ccc(C(=O)OC)c(C(=O)OC)c3)oc2c1. The number of esters is 3. The Kier molecular flexibility index (Phi) is 5.54. The van der Waals surface area contributed by atoms with Crippen LogP contribution in [0.15, 0.2) is 45.6 Å². The predicted molar refractivity (Wildman–Crippen MR) is 104 cm³/mol. The molecule has 0 amide bonds. The number of methoxy groups -OCH3 is 3. The van der Waals surface area contributed by atoms with Gasteiger partial charge in [0.1, 0.15) is 22.5 Å². The minimum atomic E-state index is -0.786. The highest BCUT2D eigenvalue weighted by atomic mass is 16.5. The molecule has 0 bridgehead atoms. The van der Waals surface area contributed by atoms with Gasteiger partial charge < -0.3 is 23.7 Å². The van der Waals surface area contributed by atoms with E-state index in [-0.39, 0.29) is 39.0 Å². The molecule has 0 aliphatic carbocycles. The van der Waals surface area contributed by atoms with Gasteiger partial charge in [0.25, 0.3) is 0 Å². The van der Waals surface area contributed by atoms with Gasteiger partial charge in [-0.2, -0.15) is 0 Å². The van der Waals surface area contributed by atoms with Crippen molar-refractivity contribution in [2.24, 2.45) is 0 Å². The smallest absolute Gasteiger partial charge is 0.338 e. The number of ether oxygens (including phenoxy) is 3. The second-order valence-corrected chi connectivity index (χ2v) is 6.08. The molecule has 0 aliphatic rings. The quantitative estimate of drug-likeness (QED) is 0.507. The van der Waals surface area contributed by atoms with Crippen molar-refractivity contribution in [1.29, 1.82) is 0 Å². The first-order valence-electron chi connectivity index (χ1n) is 8.51. The fourth-order valence-corrected chi connectivity index (χ4v) is 2.91. The Labute approximate surface area is 169 Å². The maximum atomic E-state index is 12.5. The maximum Gasteiger partial charge on any atom is 0.338 e. The highest BCUT2D eigenvalue weighted by Gasteiger charge is 2.21. The summed E-state index contributed by atoms with van der Waals surface area (Å²) >= 11 is 0. The second kappa shape index (κ2) is 8.08. The molecule has 30 heavy (non-hydrogen) atoms. The Hall–Kier alpha value is -4.14. The van der Waals surface area contributed by atoms with Crippen LogP contribution in [0.4, 0.5) is 0 Å². The molecule has 1 heterocycles. The van der Waals surface area contributed by atoms with Crippen LogP contribution in [-0.2, 0) is 14.2 Å². The van der Waals surface area contributed by atoms with Crippen LogP contribution in [0.25, 0.3) is 22.3 Å². The van der Waals surface area contributed by atoms with Crippen molar-refractivity contribution < 1.29 is 38.1 Å². The molecule has 3 aromatic rings. The van der Waals surface area contributed by atoms with E-state index in [9.17, 15) is 24.3 Å². The predicted octanol–water partition coefficient (Wildman–Crippen LogP) is 2.53. The first-order chi connectivity index (χ1) is 14.3. The van der Waals surface area contributed by atoms with Gasteiger partial charge in [0.15, 0.2) is 5.43 Å². The van der Waals surface area contributed by atoms with Gasteiger partial charge in [0.2, 0.25) is 0 Å². The number of fused-ring (bicyclic) bond motifs is 1. The van der Waals surface area contributed by atoms with E-state index >= 15 is 0 Å². The molecule has 0 fully saturated rings. The molecule has 3 rings (SSSR count). The topological polar surface area (TPSA) is 129 Å². The molecule has 0 saturated heterocycles. The van der Waals surface area contributed by atoms with Crippen molar-refractivity contribution in [3.63, 3.8) is 0 Å². The average Bonchev–Trinajstić information content (AvgIpc) is 2.76. The van der Waals surface area contributed by atoms with Gasteiger partial charge in [0.05, 0.1) is 38.0 Å². The molecule has 0 aliphatic heterocycles. The van der Waals surface area contributed by atoms with Gasteiger partial charge in [-0.15, -0.1) is 0 Å². The van der Waals surface area contributed by atoms with Crippen molar-refractivity contribution in [3.8, 4) is 17.1 Å². The zero-order valence-corrected chi connectivity index (χ0v) is 16.2. The molecule has 0 unspecified atom stereocenters. The van der Waals surface area contributed by atoms with Crippen LogP contribution in [0.3, 0.4) is 0 Å². The van der Waals surface area contributed by atoms with Gasteiger partial charge in [0, 0.05) is 11.6 Å². The van der Waals surface area contributed by atoms with Crippen LogP contribution in [0.1, 0.15) is 31.1 Å². The largest absolute Gasteiger partial charge is 0.507 e. The molecule has 2 aromatic carbocycles. The molecule has 1 N–H and O–H groups in total. The van der Waals surface area contributed by atoms with Crippen LogP contribution in [0.2, 0.25) is 0 Å². The average molecular weight is 412 g/mol. The summed E-state index contributed by atoms with van der Waals surface area (Å²) in [6, 6.07) is 7.58. The first-order valence-corrected chi connectivity index (χ1v) is 8.51. The molecule has 1 aromatic heterocycles. The van der Waals surface area contributed by atoms with Crippen molar-refractivity contribution in [3.05, 3.63) is 63.3 Å². The number of hydrogen-bond donors (Lipinski definition) is 1. The zero-order chi connectivity index (χ0) is 22.0. The summed E-state index contributed by atoms with van der Waals surface area (Å²) in [5, 5.41) is 10.0. The maximum absolute atomic E-state index is 12.5. The first kappa shape index (κ1) is 20.6. The fourth-order valence-electron chi connectivity index (χ4n) is 2.91. The van der Waals surface area contributed by atoms with Gasteiger partial charge in [-0.1, -0.05) is 6.07 Å². The third-order valence-corrected chi connectivity index (χ3v) is 4.35. The minimum Gasteiger partial charge on any atom is -0.507 e. The van der Waals surface area contributed by atoms with Gasteiger partial charge in [-0.25, -0.2) is 14.4 Å². The van der Waals surface area contributed by atoms with Gasteiger partial charge in [-0.3, -0.25) is 4.79 Å². The van der Waals surface area contributed by atoms with Crippen LogP contribution in [0.5, 0.6) is 5.75 Å². The zero-order valence-electron chi connectivity index (χ0n) is 16.2. The monoisotopic (exact) mass is 412 g/mol. The molecule has 154 valence electrons. The normalized spacial score (nSPS) is 10.5. The minimum absolute atomic E-state index is 0.0147. The van der Waals surface area contributed by atoms with Crippen LogP contribution in [-0.4, -0.2) is 44.3 Å². The highest BCUT2D eigenvalue weighted by molar-refractivity contribution is 6.04. The lowest BCUT2D eigenvalue weighted by Crippen LogP contribution is -2.12. The molecule has 9 heteroatoms. The Morgan fingerprint density at radius 2 is 1.47 bits per heavy atom. The van der Waals surface area contributed by atoms with E-state index in [2.05, 4.69) is 9.47 Å². The Bertz CT molecular complexity index is 1240. The molecular weight excluding hydrogens is 396 g/mol. The lowest BCUT2D eigenvalue weighted by Gasteiger charge is -2.10. The summed E-state index contributed by atoms with van der Waals surface area (Å²) in [6.45, 7) is 0. The van der Waals surface area contributed by atoms with Gasteiger partial charge in [-0.05, 0) is 24.3 Å². The van der Waals surface area contributed by atoms with Crippen molar-refractivity contribution in [2.75, 3.05) is 21.3 Å². The van der Waals surface area contributed by atoms with Crippen LogP contribution in [0, 0.1) is 0 Å². The lowest BCUT2D eigenvalue weighted by molar-refractivity contribution is 0.0555. The number of phenols is 1. The Balaban J connectivity index is 2.23. The second-order valence-electron chi connectivity index (χ2n) is 6.08. The number of benzene rings is 2. The molecule has 0 radical (unpaired) electrons. The standard InChI is InChI=1S/C21H16O9/c1-27-19(24)11-7-14(22)18-15(23)9-16(30-17(18)8-11)10-4-5-12(20(25)28-2)13(6-10)21(26)29-3/h4-9,22H,1-3H3. The molecule has 0 atom stereocenters. The summed E-state index contributed by atoms with van der Waals surface area (Å²) in [6.07, 6.45) is 0. The number of carbonyl (C=O) groups excluding carboxylic acids is 3. The summed E-state index contributed by atoms with van der Waals surface area (Å²) in [4.78, 5) is 48.4. The molecule has 0 saturated carbocycles. The van der Waals surface area contributed by atoms with E-state index in [1.807, 2.05) is 0 Å². The number of aromatic hydroxyl groups is 1. The summed E-state index contributed by atoms with van der Waals surface area (Å²) in [5.41, 5.74) is -0.479. The van der Waals surface area contributed by atoms with Crippen LogP contribution < -0.4 is 5.43 Å². The van der Waals surface area contributed by atoms with E-state index in [0.29, 0.717) is 0 Å². The van der Waals surface area contributed by atoms with Gasteiger partial charge >= 0.3 is 17.9 Å². The van der Waals surface area contributed by atoms with E-state index < -0.39 is 29.1 Å². The van der Waals surface area contributed by atoms with E-state index in [4.69, 9.17) is 9.15 Å². The molecule has 9 nitrogen and oxygen atoms in total. The Morgan fingerprint density at radius 3 is 2.10 bits per heavy atom. The van der Waals surface area contributed by atoms with Crippen molar-refractivity contribution in [1.82, 2.24) is 0 Å². The number of carbonyl (C=O) groups is 3. The van der Waals surface area contributed by atoms with E-state index in [1.165, 1.54) is 38.5 Å². The van der Waals surface area contributed by atoms with Crippen molar-refractivity contribution >= 4 is 28.9 Å². The Morgan fingerprint density at radius 1 is 0.833 bits per heavy atom. The van der Waals surface area contributed by atoms with Crippen molar-refractivity contribution in [2.45, 2.75) is 0 Å². The van der Waals surface area contributed by atoms with Crippen LogP contribution >= 0.6 is 0 Å². The molecular formula is C21H16O9. The summed E-state index contributed by atoms with van der Waals surface area (Å²) in [5.74, 6) is -2.66. The van der Waals surface area contributed by atoms with E-state index in [0.717, 1.165) is 19.2 Å². The third kappa shape index (κ3) is 3.60. The third-order valence-electron chi connectivity index (χ3n) is 4.35. The highest BCUT2D eigenvalue weighted by Crippen LogP contribution is 2.29. The lowest BCUT2D eigenvalue weighted by atomic mass is 10.0. The number of phenolic OH excluding ortho intramolecular Hbond substituents is 1. The van der Waals surface area contributed by atoms with E-state index in [1.54, 1.807) is 0 Å². The fraction of sp³-hybridized carbons (Fsp3) is 0.143. The number of rotatable bonds is 4.